The van der Waals surface area contributed by atoms with Crippen molar-refractivity contribution < 1.29 is 17.7 Å². The van der Waals surface area contributed by atoms with Crippen molar-refractivity contribution in [1.29, 1.82) is 0 Å². The first-order valence-electron chi connectivity index (χ1n) is 6.03. The molecule has 0 saturated carbocycles. The summed E-state index contributed by atoms with van der Waals surface area (Å²) in [5.74, 6) is -0.245. The highest BCUT2D eigenvalue weighted by Gasteiger charge is 2.11. The van der Waals surface area contributed by atoms with Crippen molar-refractivity contribution in [2.45, 2.75) is 18.5 Å². The van der Waals surface area contributed by atoms with Crippen LogP contribution in [-0.2, 0) is 21.3 Å². The Hall–Kier alpha value is -2.35. The summed E-state index contributed by atoms with van der Waals surface area (Å²) < 4.78 is 28.9. The second kappa shape index (κ2) is 5.57. The molecular weight excluding hydrogens is 296 g/mol. The lowest BCUT2D eigenvalue weighted by molar-refractivity contribution is -0.119. The lowest BCUT2D eigenvalue weighted by Gasteiger charge is -2.00. The molecule has 1 N–H and O–H groups in total. The molecule has 0 radical (unpaired) electrons. The van der Waals surface area contributed by atoms with Crippen molar-refractivity contribution >= 4 is 15.7 Å². The van der Waals surface area contributed by atoms with Crippen LogP contribution in [0, 0.1) is 0 Å². The topological polar surface area (TPSA) is 98.4 Å². The molecule has 2 aromatic rings. The van der Waals surface area contributed by atoms with E-state index in [1.54, 1.807) is 0 Å². The Bertz CT molecular complexity index is 815. The van der Waals surface area contributed by atoms with Gasteiger partial charge in [-0.3, -0.25) is 4.79 Å². The summed E-state index contributed by atoms with van der Waals surface area (Å²) in [6, 6.07) is 5.92. The maximum absolute atomic E-state index is 11.7. The van der Waals surface area contributed by atoms with Crippen molar-refractivity contribution in [3.05, 3.63) is 40.9 Å². The predicted octanol–water partition coefficient (Wildman–Crippen LogP) is 0.605. The van der Waals surface area contributed by atoms with Gasteiger partial charge in [0.25, 0.3) is 0 Å². The Labute approximate surface area is 121 Å². The molecule has 0 aliphatic carbocycles. The van der Waals surface area contributed by atoms with Crippen LogP contribution in [0.5, 0.6) is 0 Å². The molecule has 0 aliphatic heterocycles. The number of hydrogen-bond donors (Lipinski definition) is 1. The van der Waals surface area contributed by atoms with Gasteiger partial charge in [0.05, 0.1) is 16.7 Å². The smallest absolute Gasteiger partial charge is 0.336 e. The fraction of sp³-hybridized carbons (Fsp3) is 0.231. The molecule has 0 bridgehead atoms. The Morgan fingerprint density at radius 3 is 2.43 bits per heavy atom. The standard InChI is InChI=1S/C13H14N2O5S/c1-9(16)14-8-15-7-12(13(17)20-15)10-3-5-11(6-4-10)21(2,18)19/h3-7H,8H2,1-2H3,(H,14,16). The van der Waals surface area contributed by atoms with Crippen LogP contribution >= 0.6 is 0 Å². The third kappa shape index (κ3) is 3.60. The number of nitrogens with one attached hydrogen (secondary N) is 1. The lowest BCUT2D eigenvalue weighted by atomic mass is 10.1. The molecule has 1 aromatic heterocycles. The maximum atomic E-state index is 11.7. The van der Waals surface area contributed by atoms with E-state index in [-0.39, 0.29) is 17.5 Å². The fourth-order valence-corrected chi connectivity index (χ4v) is 2.35. The van der Waals surface area contributed by atoms with Gasteiger partial charge in [-0.1, -0.05) is 12.1 Å². The molecule has 0 saturated heterocycles. The van der Waals surface area contributed by atoms with E-state index < -0.39 is 15.5 Å². The van der Waals surface area contributed by atoms with Gasteiger partial charge >= 0.3 is 5.63 Å². The van der Waals surface area contributed by atoms with E-state index in [0.29, 0.717) is 11.1 Å². The second-order valence-corrected chi connectivity index (χ2v) is 6.54. The van der Waals surface area contributed by atoms with E-state index in [2.05, 4.69) is 5.32 Å². The summed E-state index contributed by atoms with van der Waals surface area (Å²) in [6.07, 6.45) is 2.56. The molecule has 0 unspecified atom stereocenters. The molecule has 0 spiro atoms. The molecule has 7 nitrogen and oxygen atoms in total. The van der Waals surface area contributed by atoms with Crippen molar-refractivity contribution in [3.63, 3.8) is 0 Å². The van der Waals surface area contributed by atoms with Crippen molar-refractivity contribution in [2.75, 3.05) is 6.26 Å². The number of carbonyl (C=O) groups is 1. The molecule has 1 aromatic carbocycles. The van der Waals surface area contributed by atoms with Crippen LogP contribution in [0.25, 0.3) is 11.1 Å². The van der Waals surface area contributed by atoms with Crippen LogP contribution in [0.3, 0.4) is 0 Å². The van der Waals surface area contributed by atoms with Crippen molar-refractivity contribution in [3.8, 4) is 11.1 Å². The number of carbonyl (C=O) groups excluding carboxylic acids is 1. The molecule has 1 amide bonds. The average molecular weight is 310 g/mol. The highest BCUT2D eigenvalue weighted by atomic mass is 32.2. The Morgan fingerprint density at radius 2 is 1.90 bits per heavy atom. The molecule has 0 atom stereocenters. The van der Waals surface area contributed by atoms with Crippen molar-refractivity contribution in [1.82, 2.24) is 10.1 Å². The third-order valence-electron chi connectivity index (χ3n) is 2.77. The average Bonchev–Trinajstić information content (AvgIpc) is 2.77. The van der Waals surface area contributed by atoms with Gasteiger partial charge in [0.1, 0.15) is 6.67 Å². The second-order valence-electron chi connectivity index (χ2n) is 4.53. The predicted molar refractivity (Wildman–Crippen MR) is 75.3 cm³/mol. The van der Waals surface area contributed by atoms with Gasteiger partial charge in [0.2, 0.25) is 5.91 Å². The first-order chi connectivity index (χ1) is 9.77. The molecule has 112 valence electrons. The minimum absolute atomic E-state index is 0.0476. The van der Waals surface area contributed by atoms with Crippen LogP contribution in [-0.4, -0.2) is 25.3 Å². The van der Waals surface area contributed by atoms with E-state index in [0.717, 1.165) is 6.26 Å². The summed E-state index contributed by atoms with van der Waals surface area (Å²) in [5, 5.41) is 2.49. The van der Waals surface area contributed by atoms with Crippen LogP contribution in [0.15, 0.2) is 44.7 Å². The van der Waals surface area contributed by atoms with Gasteiger partial charge in [0, 0.05) is 13.2 Å². The quantitative estimate of drug-likeness (QED) is 0.892. The monoisotopic (exact) mass is 310 g/mol. The van der Waals surface area contributed by atoms with E-state index in [1.165, 1.54) is 42.1 Å². The van der Waals surface area contributed by atoms with Gasteiger partial charge in [-0.05, 0) is 17.7 Å². The van der Waals surface area contributed by atoms with E-state index in [9.17, 15) is 18.0 Å². The zero-order valence-electron chi connectivity index (χ0n) is 11.5. The van der Waals surface area contributed by atoms with Gasteiger partial charge < -0.3 is 9.84 Å². The SMILES string of the molecule is CC(=O)NCn1cc(-c2ccc(S(C)(=O)=O)cc2)c(=O)o1. The zero-order chi connectivity index (χ0) is 15.6. The summed E-state index contributed by atoms with van der Waals surface area (Å²) >= 11 is 0. The number of amides is 1. The molecule has 2 rings (SSSR count). The minimum atomic E-state index is -3.28. The summed E-state index contributed by atoms with van der Waals surface area (Å²) in [5.41, 5.74) is 0.269. The van der Waals surface area contributed by atoms with Gasteiger partial charge in [-0.25, -0.2) is 13.2 Å². The first-order valence-corrected chi connectivity index (χ1v) is 7.92. The number of benzene rings is 1. The Morgan fingerprint density at radius 1 is 1.29 bits per heavy atom. The maximum Gasteiger partial charge on any atom is 0.365 e. The normalized spacial score (nSPS) is 11.3. The van der Waals surface area contributed by atoms with E-state index in [1.807, 2.05) is 0 Å². The summed E-state index contributed by atoms with van der Waals surface area (Å²) in [7, 11) is -3.28. The summed E-state index contributed by atoms with van der Waals surface area (Å²) in [4.78, 5) is 22.7. The molecular formula is C13H14N2O5S. The number of rotatable bonds is 4. The number of aromatic nitrogens is 1. The number of hydrogen-bond acceptors (Lipinski definition) is 5. The zero-order valence-corrected chi connectivity index (χ0v) is 12.3. The first kappa shape index (κ1) is 15.0. The van der Waals surface area contributed by atoms with Crippen LogP contribution in [0.2, 0.25) is 0 Å². The van der Waals surface area contributed by atoms with Crippen LogP contribution in [0.1, 0.15) is 6.92 Å². The lowest BCUT2D eigenvalue weighted by Crippen LogP contribution is -2.22. The van der Waals surface area contributed by atoms with E-state index >= 15 is 0 Å². The summed E-state index contributed by atoms with van der Waals surface area (Å²) in [6.45, 7) is 1.40. The van der Waals surface area contributed by atoms with Gasteiger partial charge in [-0.2, -0.15) is 4.74 Å². The third-order valence-corrected chi connectivity index (χ3v) is 3.90. The van der Waals surface area contributed by atoms with Crippen LogP contribution < -0.4 is 10.9 Å². The largest absolute Gasteiger partial charge is 0.365 e. The fourth-order valence-electron chi connectivity index (χ4n) is 1.72. The number of nitrogens with zero attached hydrogens (tertiary/aromatic N) is 1. The minimum Gasteiger partial charge on any atom is -0.336 e. The molecule has 21 heavy (non-hydrogen) atoms. The van der Waals surface area contributed by atoms with E-state index in [4.69, 9.17) is 4.52 Å². The van der Waals surface area contributed by atoms with Crippen molar-refractivity contribution in [2.24, 2.45) is 0 Å². The number of sulfone groups is 1. The molecule has 8 heteroatoms. The van der Waals surface area contributed by atoms with Crippen LogP contribution in [0.4, 0.5) is 0 Å². The van der Waals surface area contributed by atoms with Gasteiger partial charge in [0.15, 0.2) is 9.84 Å². The molecule has 0 aliphatic rings. The Kier molecular flexibility index (Phi) is 3.99. The molecule has 0 fully saturated rings. The molecule has 1 heterocycles. The van der Waals surface area contributed by atoms with Gasteiger partial charge in [-0.15, -0.1) is 0 Å². The highest BCUT2D eigenvalue weighted by molar-refractivity contribution is 7.90. The Balaban J connectivity index is 2.30. The highest BCUT2D eigenvalue weighted by Crippen LogP contribution is 2.18.